The molecule has 1 aliphatic carbocycles. The van der Waals surface area contributed by atoms with Crippen LogP contribution in [0.15, 0.2) is 24.3 Å². The van der Waals surface area contributed by atoms with E-state index >= 15 is 0 Å². The number of benzene rings is 1. The van der Waals surface area contributed by atoms with E-state index in [1.54, 1.807) is 6.07 Å². The fraction of sp³-hybridized carbons (Fsp3) is 0.600. The van der Waals surface area contributed by atoms with Crippen molar-refractivity contribution in [3.8, 4) is 0 Å². The van der Waals surface area contributed by atoms with Crippen molar-refractivity contribution in [2.45, 2.75) is 38.9 Å². The average molecular weight is 271 g/mol. The molecule has 0 aliphatic heterocycles. The molecule has 106 valence electrons. The highest BCUT2D eigenvalue weighted by atomic mass is 19.4. The summed E-state index contributed by atoms with van der Waals surface area (Å²) in [5.74, 6) is 1.47. The van der Waals surface area contributed by atoms with Crippen LogP contribution in [0.3, 0.4) is 0 Å². The molecule has 2 rings (SSSR count). The molecule has 2 unspecified atom stereocenters. The highest BCUT2D eigenvalue weighted by molar-refractivity contribution is 5.25. The summed E-state index contributed by atoms with van der Waals surface area (Å²) in [6.07, 6.45) is -0.515. The minimum Gasteiger partial charge on any atom is -0.312 e. The zero-order valence-electron chi connectivity index (χ0n) is 11.1. The van der Waals surface area contributed by atoms with Crippen molar-refractivity contribution in [3.63, 3.8) is 0 Å². The summed E-state index contributed by atoms with van der Waals surface area (Å²) in [4.78, 5) is 0. The van der Waals surface area contributed by atoms with Gasteiger partial charge in [-0.2, -0.15) is 13.2 Å². The van der Waals surface area contributed by atoms with E-state index in [0.717, 1.165) is 18.5 Å². The average Bonchev–Trinajstić information content (AvgIpc) is 2.74. The van der Waals surface area contributed by atoms with Crippen molar-refractivity contribution in [1.82, 2.24) is 5.32 Å². The molecule has 0 saturated heterocycles. The van der Waals surface area contributed by atoms with Crippen molar-refractivity contribution >= 4 is 0 Å². The third kappa shape index (κ3) is 4.23. The molecule has 1 N–H and O–H groups in total. The fourth-order valence-corrected chi connectivity index (χ4v) is 2.79. The summed E-state index contributed by atoms with van der Waals surface area (Å²) >= 11 is 0. The number of halogens is 3. The van der Waals surface area contributed by atoms with E-state index in [4.69, 9.17) is 0 Å². The fourth-order valence-electron chi connectivity index (χ4n) is 2.79. The maximum Gasteiger partial charge on any atom is 0.416 e. The van der Waals surface area contributed by atoms with Crippen LogP contribution >= 0.6 is 0 Å². The van der Waals surface area contributed by atoms with Crippen LogP contribution in [0.25, 0.3) is 0 Å². The summed E-state index contributed by atoms with van der Waals surface area (Å²) in [6, 6.07) is 5.55. The van der Waals surface area contributed by atoms with Gasteiger partial charge in [-0.1, -0.05) is 31.5 Å². The zero-order chi connectivity index (χ0) is 13.9. The topological polar surface area (TPSA) is 12.0 Å². The van der Waals surface area contributed by atoms with Gasteiger partial charge in [0.15, 0.2) is 0 Å². The van der Waals surface area contributed by atoms with Crippen LogP contribution in [-0.4, -0.2) is 6.54 Å². The molecule has 1 aromatic carbocycles. The zero-order valence-corrected chi connectivity index (χ0v) is 11.1. The molecule has 2 atom stereocenters. The highest BCUT2D eigenvalue weighted by Gasteiger charge is 2.30. The molecule has 0 aromatic heterocycles. The number of alkyl halides is 3. The maximum absolute atomic E-state index is 12.6. The van der Waals surface area contributed by atoms with E-state index in [9.17, 15) is 13.2 Å². The van der Waals surface area contributed by atoms with Gasteiger partial charge in [0.1, 0.15) is 0 Å². The first kappa shape index (κ1) is 14.4. The predicted octanol–water partition coefficient (Wildman–Crippen LogP) is 4.23. The van der Waals surface area contributed by atoms with Gasteiger partial charge in [0.05, 0.1) is 5.56 Å². The summed E-state index contributed by atoms with van der Waals surface area (Å²) in [7, 11) is 0. The lowest BCUT2D eigenvalue weighted by Crippen LogP contribution is -2.21. The Kier molecular flexibility index (Phi) is 4.50. The quantitative estimate of drug-likeness (QED) is 0.864. The van der Waals surface area contributed by atoms with Crippen LogP contribution in [0.2, 0.25) is 0 Å². The number of nitrogens with one attached hydrogen (secondary N) is 1. The standard InChI is InChI=1S/C15H20F3N/c1-11-5-6-13(7-11)10-19-9-12-3-2-4-14(8-12)15(16,17)18/h2-4,8,11,13,19H,5-7,9-10H2,1H3. The Morgan fingerprint density at radius 1 is 1.26 bits per heavy atom. The van der Waals surface area contributed by atoms with Crippen molar-refractivity contribution < 1.29 is 13.2 Å². The third-order valence-electron chi connectivity index (χ3n) is 3.82. The third-order valence-corrected chi connectivity index (χ3v) is 3.82. The molecule has 19 heavy (non-hydrogen) atoms. The van der Waals surface area contributed by atoms with Crippen molar-refractivity contribution in [2.75, 3.05) is 6.54 Å². The first-order valence-corrected chi connectivity index (χ1v) is 6.82. The molecule has 1 nitrogen and oxygen atoms in total. The maximum atomic E-state index is 12.6. The van der Waals surface area contributed by atoms with Gasteiger partial charge in [-0.05, 0) is 42.9 Å². The minimum absolute atomic E-state index is 0.509. The van der Waals surface area contributed by atoms with Crippen LogP contribution in [0, 0.1) is 11.8 Å². The van der Waals surface area contributed by atoms with Gasteiger partial charge in [-0.3, -0.25) is 0 Å². The van der Waals surface area contributed by atoms with Crippen LogP contribution < -0.4 is 5.32 Å². The monoisotopic (exact) mass is 271 g/mol. The van der Waals surface area contributed by atoms with E-state index in [2.05, 4.69) is 12.2 Å². The summed E-state index contributed by atoms with van der Waals surface area (Å²) < 4.78 is 37.7. The molecular formula is C15H20F3N. The molecule has 0 heterocycles. The molecule has 1 aromatic rings. The lowest BCUT2D eigenvalue weighted by molar-refractivity contribution is -0.137. The first-order valence-electron chi connectivity index (χ1n) is 6.82. The number of hydrogen-bond acceptors (Lipinski definition) is 1. The molecule has 0 spiro atoms. The van der Waals surface area contributed by atoms with Crippen molar-refractivity contribution in [3.05, 3.63) is 35.4 Å². The number of rotatable bonds is 4. The van der Waals surface area contributed by atoms with E-state index in [-0.39, 0.29) is 0 Å². The van der Waals surface area contributed by atoms with Gasteiger partial charge in [0, 0.05) is 6.54 Å². The Balaban J connectivity index is 1.83. The van der Waals surface area contributed by atoms with Crippen LogP contribution in [0.4, 0.5) is 13.2 Å². The second-order valence-electron chi connectivity index (χ2n) is 5.61. The van der Waals surface area contributed by atoms with Crippen LogP contribution in [0.1, 0.15) is 37.3 Å². The van der Waals surface area contributed by atoms with E-state index < -0.39 is 11.7 Å². The van der Waals surface area contributed by atoms with Gasteiger partial charge in [0.25, 0.3) is 0 Å². The SMILES string of the molecule is CC1CCC(CNCc2cccc(C(F)(F)F)c2)C1. The molecular weight excluding hydrogens is 251 g/mol. The van der Waals surface area contributed by atoms with Gasteiger partial charge in [-0.25, -0.2) is 0 Å². The second-order valence-corrected chi connectivity index (χ2v) is 5.61. The Labute approximate surface area is 112 Å². The smallest absolute Gasteiger partial charge is 0.312 e. The predicted molar refractivity (Wildman–Crippen MR) is 69.7 cm³/mol. The van der Waals surface area contributed by atoms with Gasteiger partial charge in [0.2, 0.25) is 0 Å². The van der Waals surface area contributed by atoms with Crippen LogP contribution in [-0.2, 0) is 12.7 Å². The Bertz CT molecular complexity index is 414. The molecule has 4 heteroatoms. The van der Waals surface area contributed by atoms with Crippen molar-refractivity contribution in [2.24, 2.45) is 11.8 Å². The first-order chi connectivity index (χ1) is 8.95. The summed E-state index contributed by atoms with van der Waals surface area (Å²) in [5.41, 5.74) is 0.127. The van der Waals surface area contributed by atoms with E-state index in [1.807, 2.05) is 0 Å². The lowest BCUT2D eigenvalue weighted by Gasteiger charge is -2.12. The molecule has 0 radical (unpaired) electrons. The van der Waals surface area contributed by atoms with Gasteiger partial charge < -0.3 is 5.32 Å². The molecule has 1 saturated carbocycles. The van der Waals surface area contributed by atoms with Crippen molar-refractivity contribution in [1.29, 1.82) is 0 Å². The Hall–Kier alpha value is -1.03. The van der Waals surface area contributed by atoms with E-state index in [1.165, 1.54) is 31.4 Å². The number of hydrogen-bond donors (Lipinski definition) is 1. The van der Waals surface area contributed by atoms with Crippen LogP contribution in [0.5, 0.6) is 0 Å². The highest BCUT2D eigenvalue weighted by Crippen LogP contribution is 2.30. The second kappa shape index (κ2) is 5.95. The minimum atomic E-state index is -4.25. The van der Waals surface area contributed by atoms with Gasteiger partial charge >= 0.3 is 6.18 Å². The Morgan fingerprint density at radius 2 is 2.05 bits per heavy atom. The lowest BCUT2D eigenvalue weighted by atomic mass is 10.1. The van der Waals surface area contributed by atoms with E-state index in [0.29, 0.717) is 18.0 Å². The Morgan fingerprint density at radius 3 is 2.68 bits per heavy atom. The normalized spacial score (nSPS) is 23.8. The molecule has 0 amide bonds. The van der Waals surface area contributed by atoms with Gasteiger partial charge in [-0.15, -0.1) is 0 Å². The molecule has 1 aliphatic rings. The summed E-state index contributed by atoms with van der Waals surface area (Å²) in [5, 5.41) is 3.28. The largest absolute Gasteiger partial charge is 0.416 e. The summed E-state index contributed by atoms with van der Waals surface area (Å²) in [6.45, 7) is 3.67. The molecule has 0 bridgehead atoms. The molecule has 1 fully saturated rings.